The molecule has 0 aliphatic heterocycles. The van der Waals surface area contributed by atoms with Crippen LogP contribution in [0.1, 0.15) is 17.4 Å². The maximum Gasteiger partial charge on any atom is 0.354 e. The topological polar surface area (TPSA) is 110 Å². The minimum Gasteiger partial charge on any atom is -0.464 e. The average Bonchev–Trinajstić information content (AvgIpc) is 3.14. The largest absolute Gasteiger partial charge is 0.464 e. The molecule has 0 fully saturated rings. The molecule has 0 spiro atoms. The molecule has 0 saturated heterocycles. The zero-order chi connectivity index (χ0) is 15.4. The van der Waals surface area contributed by atoms with Gasteiger partial charge in [-0.15, -0.1) is 23.7 Å². The number of ether oxygens (including phenoxy) is 1. The summed E-state index contributed by atoms with van der Waals surface area (Å²) < 4.78 is 4.63. The van der Waals surface area contributed by atoms with Crippen molar-refractivity contribution >= 4 is 40.8 Å². The first-order chi connectivity index (χ1) is 10.0. The van der Waals surface area contributed by atoms with Crippen molar-refractivity contribution in [1.82, 2.24) is 9.97 Å². The Kier molecular flexibility index (Phi) is 6.54. The third kappa shape index (κ3) is 4.06. The second-order valence-electron chi connectivity index (χ2n) is 4.46. The van der Waals surface area contributed by atoms with Gasteiger partial charge in [0.2, 0.25) is 5.91 Å². The third-order valence-corrected chi connectivity index (χ3v) is 3.68. The lowest BCUT2D eigenvalue weighted by molar-refractivity contribution is -0.119. The second-order valence-corrected chi connectivity index (χ2v) is 5.32. The summed E-state index contributed by atoms with van der Waals surface area (Å²) in [4.78, 5) is 30.2. The number of hydrogen-bond acceptors (Lipinski definition) is 6. The van der Waals surface area contributed by atoms with Gasteiger partial charge in [-0.05, 0) is 6.07 Å². The average molecular weight is 345 g/mol. The number of rotatable bonds is 5. The van der Waals surface area contributed by atoms with Crippen LogP contribution in [0.2, 0.25) is 0 Å². The summed E-state index contributed by atoms with van der Waals surface area (Å²) in [5, 5.41) is 5.01. The van der Waals surface area contributed by atoms with E-state index in [1.165, 1.54) is 18.4 Å². The highest BCUT2D eigenvalue weighted by Gasteiger charge is 2.15. The van der Waals surface area contributed by atoms with Crippen LogP contribution in [0.3, 0.4) is 0 Å². The van der Waals surface area contributed by atoms with Crippen LogP contribution < -0.4 is 11.1 Å². The fraction of sp³-hybridized carbons (Fsp3) is 0.308. The highest BCUT2D eigenvalue weighted by Crippen LogP contribution is 2.25. The van der Waals surface area contributed by atoms with E-state index >= 15 is 0 Å². The number of halogens is 1. The number of nitrogens with two attached hydrogens (primary N) is 1. The molecule has 0 aliphatic rings. The van der Waals surface area contributed by atoms with Crippen molar-refractivity contribution < 1.29 is 14.3 Å². The number of carbonyl (C=O) groups is 2. The molecule has 0 aliphatic carbocycles. The Morgan fingerprint density at radius 3 is 2.91 bits per heavy atom. The van der Waals surface area contributed by atoms with Crippen LogP contribution in [0.4, 0.5) is 5.13 Å². The molecule has 9 heteroatoms. The van der Waals surface area contributed by atoms with Crippen molar-refractivity contribution in [1.29, 1.82) is 0 Å². The molecule has 1 amide bonds. The van der Waals surface area contributed by atoms with E-state index in [9.17, 15) is 9.59 Å². The van der Waals surface area contributed by atoms with Gasteiger partial charge in [-0.1, -0.05) is 6.92 Å². The second kappa shape index (κ2) is 7.92. The number of thiazole rings is 1. The summed E-state index contributed by atoms with van der Waals surface area (Å²) in [7, 11) is 1.32. The van der Waals surface area contributed by atoms with E-state index in [0.29, 0.717) is 16.5 Å². The van der Waals surface area contributed by atoms with Crippen molar-refractivity contribution in [3.05, 3.63) is 23.3 Å². The lowest BCUT2D eigenvalue weighted by atomic mass is 10.2. The van der Waals surface area contributed by atoms with Crippen LogP contribution in [-0.4, -0.2) is 35.5 Å². The van der Waals surface area contributed by atoms with Crippen LogP contribution >= 0.6 is 23.7 Å². The minimum absolute atomic E-state index is 0. The molecule has 0 aromatic carbocycles. The molecule has 0 radical (unpaired) electrons. The van der Waals surface area contributed by atoms with Crippen LogP contribution in [0.25, 0.3) is 11.3 Å². The summed E-state index contributed by atoms with van der Waals surface area (Å²) in [5.74, 6) is -0.875. The fourth-order valence-corrected chi connectivity index (χ4v) is 2.29. The molecule has 1 unspecified atom stereocenters. The van der Waals surface area contributed by atoms with Crippen LogP contribution in [-0.2, 0) is 9.53 Å². The van der Waals surface area contributed by atoms with Gasteiger partial charge in [0.25, 0.3) is 0 Å². The Hall–Kier alpha value is -1.90. The number of hydrogen-bond donors (Lipinski definition) is 3. The summed E-state index contributed by atoms with van der Waals surface area (Å²) in [6.07, 6.45) is 1.66. The zero-order valence-corrected chi connectivity index (χ0v) is 13.7. The molecule has 0 saturated carbocycles. The molecule has 2 aromatic heterocycles. The number of anilines is 1. The number of aromatic amines is 1. The molecule has 7 nitrogen and oxygen atoms in total. The Labute approximate surface area is 137 Å². The predicted octanol–water partition coefficient (Wildman–Crippen LogP) is 1.88. The van der Waals surface area contributed by atoms with E-state index in [1.54, 1.807) is 24.6 Å². The van der Waals surface area contributed by atoms with Crippen molar-refractivity contribution in [3.63, 3.8) is 0 Å². The van der Waals surface area contributed by atoms with Gasteiger partial charge in [0.05, 0.1) is 12.8 Å². The first-order valence-corrected chi connectivity index (χ1v) is 7.16. The quantitative estimate of drug-likeness (QED) is 0.717. The Morgan fingerprint density at radius 2 is 2.27 bits per heavy atom. The van der Waals surface area contributed by atoms with Gasteiger partial charge in [0.15, 0.2) is 5.13 Å². The standard InChI is InChI=1S/C13H16N4O3S.ClH/c1-7(4-14)11(18)17-13-16-10(6-21-13)8-3-9(15-5-8)12(19)20-2;/h3,5-7,15H,4,14H2,1-2H3,(H,16,17,18);1H. The molecule has 2 rings (SSSR count). The van der Waals surface area contributed by atoms with E-state index in [-0.39, 0.29) is 30.8 Å². The van der Waals surface area contributed by atoms with Crippen molar-refractivity contribution in [3.8, 4) is 11.3 Å². The fourth-order valence-electron chi connectivity index (χ4n) is 1.57. The smallest absolute Gasteiger partial charge is 0.354 e. The molecular formula is C13H17ClN4O3S. The number of esters is 1. The van der Waals surface area contributed by atoms with Gasteiger partial charge in [0, 0.05) is 29.6 Å². The Balaban J connectivity index is 0.00000242. The van der Waals surface area contributed by atoms with E-state index in [2.05, 4.69) is 20.0 Å². The summed E-state index contributed by atoms with van der Waals surface area (Å²) in [5.41, 5.74) is 7.21. The number of nitrogens with one attached hydrogen (secondary N) is 2. The Morgan fingerprint density at radius 1 is 1.55 bits per heavy atom. The minimum atomic E-state index is -0.443. The number of H-pyrrole nitrogens is 1. The number of methoxy groups -OCH3 is 1. The highest BCUT2D eigenvalue weighted by atomic mass is 35.5. The number of nitrogens with zero attached hydrogens (tertiary/aromatic N) is 1. The molecule has 120 valence electrons. The van der Waals surface area contributed by atoms with Crippen LogP contribution in [0, 0.1) is 5.92 Å². The number of amides is 1. The SMILES string of the molecule is COC(=O)c1cc(-c2csc(NC(=O)C(C)CN)n2)c[nH]1.Cl. The molecule has 0 bridgehead atoms. The van der Waals surface area contributed by atoms with Crippen molar-refractivity contribution in [2.75, 3.05) is 19.0 Å². The molecule has 2 heterocycles. The third-order valence-electron chi connectivity index (χ3n) is 2.92. The first kappa shape index (κ1) is 18.1. The van der Waals surface area contributed by atoms with E-state index in [1.807, 2.05) is 0 Å². The highest BCUT2D eigenvalue weighted by molar-refractivity contribution is 7.14. The summed E-state index contributed by atoms with van der Waals surface area (Å²) in [6.45, 7) is 2.03. The lowest BCUT2D eigenvalue weighted by Crippen LogP contribution is -2.26. The molecule has 22 heavy (non-hydrogen) atoms. The van der Waals surface area contributed by atoms with Crippen LogP contribution in [0.15, 0.2) is 17.6 Å². The number of aromatic nitrogens is 2. The van der Waals surface area contributed by atoms with Gasteiger partial charge < -0.3 is 20.8 Å². The normalized spacial score (nSPS) is 11.4. The Bertz CT molecular complexity index is 655. The molecule has 4 N–H and O–H groups in total. The summed E-state index contributed by atoms with van der Waals surface area (Å²) >= 11 is 1.31. The van der Waals surface area contributed by atoms with E-state index < -0.39 is 5.97 Å². The van der Waals surface area contributed by atoms with Gasteiger partial charge in [-0.3, -0.25) is 4.79 Å². The summed E-state index contributed by atoms with van der Waals surface area (Å²) in [6, 6.07) is 1.65. The van der Waals surface area contributed by atoms with Gasteiger partial charge in [0.1, 0.15) is 5.69 Å². The van der Waals surface area contributed by atoms with Crippen molar-refractivity contribution in [2.24, 2.45) is 11.7 Å². The van der Waals surface area contributed by atoms with Crippen LogP contribution in [0.5, 0.6) is 0 Å². The molecule has 2 aromatic rings. The first-order valence-electron chi connectivity index (χ1n) is 6.28. The number of carbonyl (C=O) groups excluding carboxylic acids is 2. The van der Waals surface area contributed by atoms with Gasteiger partial charge in [-0.2, -0.15) is 0 Å². The maximum atomic E-state index is 11.7. The van der Waals surface area contributed by atoms with Gasteiger partial charge >= 0.3 is 5.97 Å². The maximum absolute atomic E-state index is 11.7. The zero-order valence-electron chi connectivity index (χ0n) is 12.1. The van der Waals surface area contributed by atoms with E-state index in [0.717, 1.165) is 5.56 Å². The lowest BCUT2D eigenvalue weighted by Gasteiger charge is -2.06. The molecule has 1 atom stereocenters. The van der Waals surface area contributed by atoms with Crippen molar-refractivity contribution in [2.45, 2.75) is 6.92 Å². The predicted molar refractivity (Wildman–Crippen MR) is 87.3 cm³/mol. The van der Waals surface area contributed by atoms with Gasteiger partial charge in [-0.25, -0.2) is 9.78 Å². The van der Waals surface area contributed by atoms with E-state index in [4.69, 9.17) is 5.73 Å². The monoisotopic (exact) mass is 344 g/mol. The molecular weight excluding hydrogens is 328 g/mol.